The fourth-order valence-electron chi connectivity index (χ4n) is 1.91. The van der Waals surface area contributed by atoms with Gasteiger partial charge in [0.1, 0.15) is 0 Å². The van der Waals surface area contributed by atoms with Crippen LogP contribution in [0.5, 0.6) is 0 Å². The molecule has 0 bridgehead atoms. The van der Waals surface area contributed by atoms with Crippen LogP contribution in [0.25, 0.3) is 0 Å². The van der Waals surface area contributed by atoms with Crippen LogP contribution in [0.4, 0.5) is 0 Å². The highest BCUT2D eigenvalue weighted by Crippen LogP contribution is 2.07. The SMILES string of the molecule is CC#CCCCCCCc1cn(CC(C)C)nn1. The Balaban J connectivity index is 2.11. The molecule has 100 valence electrons. The highest BCUT2D eigenvalue weighted by atomic mass is 15.4. The zero-order valence-corrected chi connectivity index (χ0v) is 11.9. The third kappa shape index (κ3) is 6.44. The molecule has 3 nitrogen and oxygen atoms in total. The van der Waals surface area contributed by atoms with E-state index in [1.165, 1.54) is 25.7 Å². The fraction of sp³-hybridized carbons (Fsp3) is 0.733. The molecule has 0 atom stereocenters. The smallest absolute Gasteiger partial charge is 0.0827 e. The topological polar surface area (TPSA) is 30.7 Å². The molecule has 0 fully saturated rings. The van der Waals surface area contributed by atoms with Crippen molar-refractivity contribution in [3.8, 4) is 11.8 Å². The van der Waals surface area contributed by atoms with Gasteiger partial charge in [-0.15, -0.1) is 16.9 Å². The molecule has 0 aromatic carbocycles. The number of unbranched alkanes of at least 4 members (excludes halogenated alkanes) is 4. The lowest BCUT2D eigenvalue weighted by Gasteiger charge is -2.01. The average Bonchev–Trinajstić information content (AvgIpc) is 2.75. The lowest BCUT2D eigenvalue weighted by molar-refractivity contribution is 0.472. The van der Waals surface area contributed by atoms with Crippen LogP contribution in [0.1, 0.15) is 58.6 Å². The van der Waals surface area contributed by atoms with Crippen LogP contribution in [-0.4, -0.2) is 15.0 Å². The van der Waals surface area contributed by atoms with Gasteiger partial charge < -0.3 is 0 Å². The fourth-order valence-corrected chi connectivity index (χ4v) is 1.91. The molecule has 3 heteroatoms. The Morgan fingerprint density at radius 2 is 2.00 bits per heavy atom. The summed E-state index contributed by atoms with van der Waals surface area (Å²) in [6.07, 6.45) is 9.15. The van der Waals surface area contributed by atoms with E-state index in [0.717, 1.165) is 25.1 Å². The summed E-state index contributed by atoms with van der Waals surface area (Å²) in [6, 6.07) is 0. The van der Waals surface area contributed by atoms with Gasteiger partial charge >= 0.3 is 0 Å². The predicted molar refractivity (Wildman–Crippen MR) is 75.1 cm³/mol. The van der Waals surface area contributed by atoms with Crippen LogP contribution in [0, 0.1) is 17.8 Å². The Kier molecular flexibility index (Phi) is 7.17. The summed E-state index contributed by atoms with van der Waals surface area (Å²) in [5.74, 6) is 6.66. The van der Waals surface area contributed by atoms with Gasteiger partial charge in [-0.05, 0) is 32.1 Å². The van der Waals surface area contributed by atoms with Gasteiger partial charge in [-0.2, -0.15) is 0 Å². The third-order valence-electron chi connectivity index (χ3n) is 2.80. The summed E-state index contributed by atoms with van der Waals surface area (Å²) < 4.78 is 1.96. The minimum absolute atomic E-state index is 0.624. The molecule has 0 aliphatic rings. The minimum atomic E-state index is 0.624. The normalized spacial score (nSPS) is 10.4. The summed E-state index contributed by atoms with van der Waals surface area (Å²) >= 11 is 0. The van der Waals surface area contributed by atoms with Gasteiger partial charge in [0, 0.05) is 19.2 Å². The van der Waals surface area contributed by atoms with Gasteiger partial charge in [-0.3, -0.25) is 4.68 Å². The number of aryl methyl sites for hydroxylation is 1. The van der Waals surface area contributed by atoms with Crippen molar-refractivity contribution >= 4 is 0 Å². The number of nitrogens with zero attached hydrogens (tertiary/aromatic N) is 3. The Bertz CT molecular complexity index is 382. The largest absolute Gasteiger partial charge is 0.252 e. The van der Waals surface area contributed by atoms with E-state index in [0.29, 0.717) is 5.92 Å². The first-order valence-corrected chi connectivity index (χ1v) is 7.01. The Morgan fingerprint density at radius 3 is 2.72 bits per heavy atom. The number of hydrogen-bond donors (Lipinski definition) is 0. The van der Waals surface area contributed by atoms with Crippen LogP contribution in [0.3, 0.4) is 0 Å². The molecule has 0 saturated heterocycles. The van der Waals surface area contributed by atoms with Crippen molar-refractivity contribution in [1.82, 2.24) is 15.0 Å². The van der Waals surface area contributed by atoms with Crippen LogP contribution >= 0.6 is 0 Å². The summed E-state index contributed by atoms with van der Waals surface area (Å²) in [7, 11) is 0. The van der Waals surface area contributed by atoms with Crippen LogP contribution in [-0.2, 0) is 13.0 Å². The van der Waals surface area contributed by atoms with E-state index in [1.54, 1.807) is 0 Å². The summed E-state index contributed by atoms with van der Waals surface area (Å²) in [5, 5.41) is 8.35. The molecule has 0 N–H and O–H groups in total. The van der Waals surface area contributed by atoms with Crippen molar-refractivity contribution in [2.75, 3.05) is 0 Å². The van der Waals surface area contributed by atoms with Gasteiger partial charge in [0.2, 0.25) is 0 Å². The Hall–Kier alpha value is -1.30. The van der Waals surface area contributed by atoms with Crippen molar-refractivity contribution in [3.63, 3.8) is 0 Å². The van der Waals surface area contributed by atoms with Crippen LogP contribution in [0.2, 0.25) is 0 Å². The van der Waals surface area contributed by atoms with E-state index in [2.05, 4.69) is 42.2 Å². The molecule has 1 aromatic heterocycles. The molecule has 0 amide bonds. The zero-order chi connectivity index (χ0) is 13.2. The van der Waals surface area contributed by atoms with Crippen molar-refractivity contribution in [2.45, 2.75) is 65.8 Å². The molecular formula is C15H25N3. The number of rotatable bonds is 8. The van der Waals surface area contributed by atoms with Crippen molar-refractivity contribution in [1.29, 1.82) is 0 Å². The minimum Gasteiger partial charge on any atom is -0.252 e. The maximum atomic E-state index is 4.21. The maximum Gasteiger partial charge on any atom is 0.0827 e. The van der Waals surface area contributed by atoms with E-state index < -0.39 is 0 Å². The van der Waals surface area contributed by atoms with E-state index in [9.17, 15) is 0 Å². The lowest BCUT2D eigenvalue weighted by atomic mass is 10.1. The second kappa shape index (κ2) is 8.74. The molecule has 0 unspecified atom stereocenters. The number of hydrogen-bond acceptors (Lipinski definition) is 2. The van der Waals surface area contributed by atoms with Gasteiger partial charge in [0.15, 0.2) is 0 Å². The van der Waals surface area contributed by atoms with Crippen molar-refractivity contribution in [2.24, 2.45) is 5.92 Å². The summed E-state index contributed by atoms with van der Waals surface area (Å²) in [5.41, 5.74) is 1.13. The lowest BCUT2D eigenvalue weighted by Crippen LogP contribution is -2.04. The van der Waals surface area contributed by atoms with Gasteiger partial charge in [0.05, 0.1) is 5.69 Å². The van der Waals surface area contributed by atoms with Gasteiger partial charge in [0.25, 0.3) is 0 Å². The molecular weight excluding hydrogens is 222 g/mol. The second-order valence-corrected chi connectivity index (χ2v) is 5.17. The third-order valence-corrected chi connectivity index (χ3v) is 2.80. The van der Waals surface area contributed by atoms with Gasteiger partial charge in [-0.1, -0.05) is 31.9 Å². The molecule has 18 heavy (non-hydrogen) atoms. The van der Waals surface area contributed by atoms with E-state index in [4.69, 9.17) is 0 Å². The van der Waals surface area contributed by atoms with E-state index in [1.807, 2.05) is 11.6 Å². The molecule has 0 aliphatic carbocycles. The first-order chi connectivity index (χ1) is 8.72. The number of aromatic nitrogens is 3. The first kappa shape index (κ1) is 14.8. The molecule has 0 aliphatic heterocycles. The quantitative estimate of drug-likeness (QED) is 0.520. The van der Waals surface area contributed by atoms with E-state index in [-0.39, 0.29) is 0 Å². The van der Waals surface area contributed by atoms with E-state index >= 15 is 0 Å². The molecule has 0 radical (unpaired) electrons. The molecule has 1 heterocycles. The summed E-state index contributed by atoms with van der Waals surface area (Å²) in [6.45, 7) is 7.25. The monoisotopic (exact) mass is 247 g/mol. The highest BCUT2D eigenvalue weighted by Gasteiger charge is 2.02. The molecule has 1 aromatic rings. The van der Waals surface area contributed by atoms with Gasteiger partial charge in [-0.25, -0.2) is 0 Å². The second-order valence-electron chi connectivity index (χ2n) is 5.17. The van der Waals surface area contributed by atoms with Crippen molar-refractivity contribution < 1.29 is 0 Å². The molecule has 1 rings (SSSR count). The van der Waals surface area contributed by atoms with Crippen molar-refractivity contribution in [3.05, 3.63) is 11.9 Å². The first-order valence-electron chi connectivity index (χ1n) is 7.01. The zero-order valence-electron chi connectivity index (χ0n) is 11.9. The summed E-state index contributed by atoms with van der Waals surface area (Å²) in [4.78, 5) is 0. The molecule has 0 saturated carbocycles. The Morgan fingerprint density at radius 1 is 1.22 bits per heavy atom. The maximum absolute atomic E-state index is 4.21. The highest BCUT2D eigenvalue weighted by molar-refractivity contribution is 4.94. The standard InChI is InChI=1S/C15H25N3/c1-4-5-6-7-8-9-10-11-15-13-18(17-16-15)12-14(2)3/h13-14H,6-12H2,1-3H3. The van der Waals surface area contributed by atoms with Crippen LogP contribution < -0.4 is 0 Å². The Labute approximate surface area is 111 Å². The molecule has 0 spiro atoms. The average molecular weight is 247 g/mol. The van der Waals surface area contributed by atoms with Crippen LogP contribution in [0.15, 0.2) is 6.20 Å². The predicted octanol–water partition coefficient (Wildman–Crippen LogP) is 3.45.